The number of hydrogen-bond donors (Lipinski definition) is 2. The summed E-state index contributed by atoms with van der Waals surface area (Å²) < 4.78 is 0. The predicted molar refractivity (Wildman–Crippen MR) is 46.5 cm³/mol. The Balaban J connectivity index is 2.42. The van der Waals surface area contributed by atoms with Gasteiger partial charge in [-0.1, -0.05) is 13.8 Å². The van der Waals surface area contributed by atoms with Crippen LogP contribution in [-0.2, 0) is 0 Å². The lowest BCUT2D eigenvalue weighted by Gasteiger charge is -2.33. The summed E-state index contributed by atoms with van der Waals surface area (Å²) in [6.07, 6.45) is 2.56. The van der Waals surface area contributed by atoms with Crippen LogP contribution in [0.15, 0.2) is 0 Å². The molecule has 1 aliphatic rings. The molecule has 0 saturated heterocycles. The molecule has 0 spiro atoms. The highest BCUT2D eigenvalue weighted by molar-refractivity contribution is 4.93. The SMILES string of the molecule is CC(C)C(C)(CO)NC1CC1. The summed E-state index contributed by atoms with van der Waals surface area (Å²) in [5.74, 6) is 0.494. The van der Waals surface area contributed by atoms with Crippen LogP contribution in [0.1, 0.15) is 33.6 Å². The first-order chi connectivity index (χ1) is 5.08. The molecule has 2 nitrogen and oxygen atoms in total. The highest BCUT2D eigenvalue weighted by Gasteiger charge is 2.33. The van der Waals surface area contributed by atoms with Crippen LogP contribution < -0.4 is 5.32 Å². The molecule has 0 heterocycles. The standard InChI is InChI=1S/C9H19NO/c1-7(2)9(3,6-11)10-8-4-5-8/h7-8,10-11H,4-6H2,1-3H3. The molecular formula is C9H19NO. The van der Waals surface area contributed by atoms with Gasteiger partial charge in [-0.2, -0.15) is 0 Å². The van der Waals surface area contributed by atoms with Crippen LogP contribution in [0.3, 0.4) is 0 Å². The fraction of sp³-hybridized carbons (Fsp3) is 1.00. The lowest BCUT2D eigenvalue weighted by molar-refractivity contribution is 0.131. The third-order valence-electron chi connectivity index (χ3n) is 2.71. The van der Waals surface area contributed by atoms with E-state index in [0.717, 1.165) is 0 Å². The first-order valence-corrected chi connectivity index (χ1v) is 4.47. The van der Waals surface area contributed by atoms with Gasteiger partial charge in [-0.3, -0.25) is 0 Å². The second kappa shape index (κ2) is 3.11. The van der Waals surface area contributed by atoms with Gasteiger partial charge >= 0.3 is 0 Å². The van der Waals surface area contributed by atoms with Crippen LogP contribution >= 0.6 is 0 Å². The quantitative estimate of drug-likeness (QED) is 0.641. The molecule has 0 aromatic rings. The molecule has 0 aromatic heterocycles. The van der Waals surface area contributed by atoms with E-state index in [9.17, 15) is 0 Å². The first kappa shape index (κ1) is 9.01. The van der Waals surface area contributed by atoms with E-state index >= 15 is 0 Å². The van der Waals surface area contributed by atoms with E-state index in [2.05, 4.69) is 26.1 Å². The van der Waals surface area contributed by atoms with Crippen LogP contribution in [0, 0.1) is 5.92 Å². The molecular weight excluding hydrogens is 138 g/mol. The minimum Gasteiger partial charge on any atom is -0.394 e. The molecule has 66 valence electrons. The minimum atomic E-state index is -0.0683. The van der Waals surface area contributed by atoms with Crippen molar-refractivity contribution in [3.8, 4) is 0 Å². The summed E-state index contributed by atoms with van der Waals surface area (Å²) in [6.45, 7) is 6.62. The molecule has 1 rings (SSSR count). The Kier molecular flexibility index (Phi) is 2.55. The van der Waals surface area contributed by atoms with Gasteiger partial charge in [0.2, 0.25) is 0 Å². The summed E-state index contributed by atoms with van der Waals surface area (Å²) in [4.78, 5) is 0. The van der Waals surface area contributed by atoms with Crippen molar-refractivity contribution in [2.75, 3.05) is 6.61 Å². The van der Waals surface area contributed by atoms with Gasteiger partial charge in [-0.25, -0.2) is 0 Å². The first-order valence-electron chi connectivity index (χ1n) is 4.47. The third-order valence-corrected chi connectivity index (χ3v) is 2.71. The van der Waals surface area contributed by atoms with E-state index in [1.54, 1.807) is 0 Å². The molecule has 2 N–H and O–H groups in total. The smallest absolute Gasteiger partial charge is 0.0613 e. The summed E-state index contributed by atoms with van der Waals surface area (Å²) in [5, 5.41) is 12.6. The van der Waals surface area contributed by atoms with Gasteiger partial charge in [-0.05, 0) is 25.7 Å². The molecule has 0 amide bonds. The predicted octanol–water partition coefficient (Wildman–Crippen LogP) is 1.15. The maximum Gasteiger partial charge on any atom is 0.0613 e. The largest absolute Gasteiger partial charge is 0.394 e. The molecule has 0 aliphatic heterocycles. The molecule has 1 saturated carbocycles. The van der Waals surface area contributed by atoms with Gasteiger partial charge in [0.1, 0.15) is 0 Å². The van der Waals surface area contributed by atoms with Crippen molar-refractivity contribution in [1.82, 2.24) is 5.32 Å². The number of nitrogens with one attached hydrogen (secondary N) is 1. The Morgan fingerprint density at radius 3 is 2.36 bits per heavy atom. The lowest BCUT2D eigenvalue weighted by atomic mass is 9.89. The Labute approximate surface area is 69.0 Å². The molecule has 1 atom stereocenters. The summed E-state index contributed by atoms with van der Waals surface area (Å²) in [5.41, 5.74) is -0.0683. The van der Waals surface area contributed by atoms with Crippen molar-refractivity contribution in [3.63, 3.8) is 0 Å². The number of aliphatic hydroxyl groups excluding tert-OH is 1. The van der Waals surface area contributed by atoms with Gasteiger partial charge in [0.25, 0.3) is 0 Å². The molecule has 1 aliphatic carbocycles. The van der Waals surface area contributed by atoms with Crippen LogP contribution in [-0.4, -0.2) is 23.3 Å². The van der Waals surface area contributed by atoms with Crippen LogP contribution in [0.4, 0.5) is 0 Å². The Bertz CT molecular complexity index is 132. The second-order valence-corrected chi connectivity index (χ2v) is 4.15. The van der Waals surface area contributed by atoms with Crippen molar-refractivity contribution in [3.05, 3.63) is 0 Å². The van der Waals surface area contributed by atoms with E-state index in [0.29, 0.717) is 12.0 Å². The van der Waals surface area contributed by atoms with E-state index in [-0.39, 0.29) is 12.1 Å². The van der Waals surface area contributed by atoms with Gasteiger partial charge in [0, 0.05) is 11.6 Å². The van der Waals surface area contributed by atoms with Crippen molar-refractivity contribution in [1.29, 1.82) is 0 Å². The third kappa shape index (κ3) is 2.17. The Morgan fingerprint density at radius 2 is 2.09 bits per heavy atom. The fourth-order valence-electron chi connectivity index (χ4n) is 1.09. The summed E-state index contributed by atoms with van der Waals surface area (Å²) >= 11 is 0. The van der Waals surface area contributed by atoms with E-state index in [4.69, 9.17) is 5.11 Å². The normalized spacial score (nSPS) is 23.7. The average molecular weight is 157 g/mol. The van der Waals surface area contributed by atoms with E-state index in [1.807, 2.05) is 0 Å². The monoisotopic (exact) mass is 157 g/mol. The van der Waals surface area contributed by atoms with Gasteiger partial charge in [-0.15, -0.1) is 0 Å². The highest BCUT2D eigenvalue weighted by atomic mass is 16.3. The second-order valence-electron chi connectivity index (χ2n) is 4.15. The van der Waals surface area contributed by atoms with Gasteiger partial charge in [0.05, 0.1) is 6.61 Å². The number of rotatable bonds is 4. The van der Waals surface area contributed by atoms with Crippen molar-refractivity contribution in [2.45, 2.75) is 45.2 Å². The zero-order valence-corrected chi connectivity index (χ0v) is 7.72. The molecule has 11 heavy (non-hydrogen) atoms. The topological polar surface area (TPSA) is 32.3 Å². The highest BCUT2D eigenvalue weighted by Crippen LogP contribution is 2.25. The Morgan fingerprint density at radius 1 is 1.55 bits per heavy atom. The number of aliphatic hydroxyl groups is 1. The lowest BCUT2D eigenvalue weighted by Crippen LogP contribution is -2.51. The molecule has 2 heteroatoms. The fourth-order valence-corrected chi connectivity index (χ4v) is 1.09. The van der Waals surface area contributed by atoms with Crippen LogP contribution in [0.5, 0.6) is 0 Å². The van der Waals surface area contributed by atoms with Crippen LogP contribution in [0.25, 0.3) is 0 Å². The average Bonchev–Trinajstić information content (AvgIpc) is 2.71. The van der Waals surface area contributed by atoms with E-state index in [1.165, 1.54) is 12.8 Å². The molecule has 0 aromatic carbocycles. The molecule has 0 radical (unpaired) electrons. The van der Waals surface area contributed by atoms with Gasteiger partial charge in [0.15, 0.2) is 0 Å². The zero-order valence-electron chi connectivity index (χ0n) is 7.72. The van der Waals surface area contributed by atoms with E-state index < -0.39 is 0 Å². The van der Waals surface area contributed by atoms with Crippen molar-refractivity contribution < 1.29 is 5.11 Å². The van der Waals surface area contributed by atoms with Crippen molar-refractivity contribution in [2.24, 2.45) is 5.92 Å². The summed E-state index contributed by atoms with van der Waals surface area (Å²) in [6, 6.07) is 0.676. The maximum absolute atomic E-state index is 9.17. The maximum atomic E-state index is 9.17. The Hall–Kier alpha value is -0.0800. The molecule has 1 unspecified atom stereocenters. The molecule has 1 fully saturated rings. The van der Waals surface area contributed by atoms with Crippen LogP contribution in [0.2, 0.25) is 0 Å². The number of hydrogen-bond acceptors (Lipinski definition) is 2. The van der Waals surface area contributed by atoms with Crippen molar-refractivity contribution >= 4 is 0 Å². The molecule has 0 bridgehead atoms. The minimum absolute atomic E-state index is 0.0683. The van der Waals surface area contributed by atoms with Gasteiger partial charge < -0.3 is 10.4 Å². The summed E-state index contributed by atoms with van der Waals surface area (Å²) in [7, 11) is 0. The zero-order chi connectivity index (χ0) is 8.48.